The van der Waals surface area contributed by atoms with Gasteiger partial charge in [0.2, 0.25) is 0 Å². The molecule has 6 heteroatoms. The highest BCUT2D eigenvalue weighted by Crippen LogP contribution is 2.41. The van der Waals surface area contributed by atoms with Crippen molar-refractivity contribution in [2.24, 2.45) is 0 Å². The van der Waals surface area contributed by atoms with Gasteiger partial charge in [-0.2, -0.15) is 0 Å². The molecule has 0 aromatic heterocycles. The molecule has 1 heterocycles. The number of phenolic OH excluding ortho intramolecular Hbond substituents is 2. The van der Waals surface area contributed by atoms with Crippen LogP contribution >= 0.6 is 0 Å². The van der Waals surface area contributed by atoms with Crippen molar-refractivity contribution in [1.82, 2.24) is 0 Å². The van der Waals surface area contributed by atoms with Crippen LogP contribution in [-0.2, 0) is 4.74 Å². The lowest BCUT2D eigenvalue weighted by molar-refractivity contribution is -0.0124. The molecule has 0 unspecified atom stereocenters. The number of rotatable bonds is 5. The van der Waals surface area contributed by atoms with E-state index in [9.17, 15) is 15.3 Å². The Kier molecular flexibility index (Phi) is 5.11. The maximum Gasteiger partial charge on any atom is 0.163 e. The molecule has 3 rings (SSSR count). The Labute approximate surface area is 145 Å². The molecule has 6 nitrogen and oxygen atoms in total. The van der Waals surface area contributed by atoms with E-state index in [1.807, 2.05) is 24.3 Å². The van der Waals surface area contributed by atoms with Crippen molar-refractivity contribution in [3.8, 4) is 23.0 Å². The van der Waals surface area contributed by atoms with Gasteiger partial charge in [0.1, 0.15) is 0 Å². The monoisotopic (exact) mass is 344 g/mol. The van der Waals surface area contributed by atoms with Gasteiger partial charge in [-0.3, -0.25) is 0 Å². The predicted octanol–water partition coefficient (Wildman–Crippen LogP) is 2.63. The highest BCUT2D eigenvalue weighted by Gasteiger charge is 2.33. The van der Waals surface area contributed by atoms with Crippen molar-refractivity contribution < 1.29 is 29.5 Å². The summed E-state index contributed by atoms with van der Waals surface area (Å²) in [6, 6.07) is 9.91. The van der Waals surface area contributed by atoms with Crippen LogP contribution < -0.4 is 9.47 Å². The lowest BCUT2D eigenvalue weighted by Gasteiger charge is -2.33. The van der Waals surface area contributed by atoms with E-state index in [1.54, 1.807) is 19.2 Å². The SMILES string of the molecule is COC/C=C/c1ccc2c(c1)O[C@@H](CO)[C@H](c1ccc(O)c(O)c1)O2. The van der Waals surface area contributed by atoms with Crippen LogP contribution in [0.3, 0.4) is 0 Å². The molecule has 0 fully saturated rings. The van der Waals surface area contributed by atoms with Gasteiger partial charge in [0.25, 0.3) is 0 Å². The number of hydrogen-bond donors (Lipinski definition) is 3. The standard InChI is InChI=1S/C19H20O6/c1-23-8-2-3-12-4-7-16-17(9-12)24-18(11-20)19(25-16)13-5-6-14(21)15(22)10-13/h2-7,9-10,18-22H,8,11H2,1H3/b3-2+/t18-,19-/m0/s1. The number of ether oxygens (including phenoxy) is 3. The first kappa shape index (κ1) is 17.1. The Morgan fingerprint density at radius 2 is 1.88 bits per heavy atom. The van der Waals surface area contributed by atoms with E-state index in [0.29, 0.717) is 23.7 Å². The largest absolute Gasteiger partial charge is 0.504 e. The van der Waals surface area contributed by atoms with Gasteiger partial charge in [-0.15, -0.1) is 0 Å². The third-order valence-corrected chi connectivity index (χ3v) is 3.92. The summed E-state index contributed by atoms with van der Waals surface area (Å²) in [5.74, 6) is 0.625. The normalized spacial score (nSPS) is 19.3. The molecule has 0 amide bonds. The van der Waals surface area contributed by atoms with Crippen LogP contribution in [0.4, 0.5) is 0 Å². The van der Waals surface area contributed by atoms with E-state index < -0.39 is 12.2 Å². The molecule has 0 bridgehead atoms. The molecule has 0 spiro atoms. The zero-order valence-electron chi connectivity index (χ0n) is 13.8. The van der Waals surface area contributed by atoms with Crippen molar-refractivity contribution in [2.45, 2.75) is 12.2 Å². The van der Waals surface area contributed by atoms with Gasteiger partial charge < -0.3 is 29.5 Å². The maximum atomic E-state index is 9.70. The second kappa shape index (κ2) is 7.46. The summed E-state index contributed by atoms with van der Waals surface area (Å²) in [7, 11) is 1.63. The predicted molar refractivity (Wildman–Crippen MR) is 92.0 cm³/mol. The Morgan fingerprint density at radius 1 is 1.04 bits per heavy atom. The Hall–Kier alpha value is -2.70. The van der Waals surface area contributed by atoms with Gasteiger partial charge in [-0.05, 0) is 29.8 Å². The summed E-state index contributed by atoms with van der Waals surface area (Å²) in [5, 5.41) is 28.8. The number of hydrogen-bond acceptors (Lipinski definition) is 6. The fourth-order valence-electron chi connectivity index (χ4n) is 2.67. The van der Waals surface area contributed by atoms with Gasteiger partial charge in [-0.25, -0.2) is 0 Å². The number of methoxy groups -OCH3 is 1. The molecule has 0 radical (unpaired) electrons. The highest BCUT2D eigenvalue weighted by atomic mass is 16.6. The summed E-state index contributed by atoms with van der Waals surface area (Å²) in [6.45, 7) is 0.260. The fraction of sp³-hybridized carbons (Fsp3) is 0.263. The average Bonchev–Trinajstić information content (AvgIpc) is 2.63. The summed E-state index contributed by atoms with van der Waals surface area (Å²) >= 11 is 0. The summed E-state index contributed by atoms with van der Waals surface area (Å²) in [4.78, 5) is 0. The molecule has 0 saturated heterocycles. The molecular formula is C19H20O6. The Morgan fingerprint density at radius 3 is 2.60 bits per heavy atom. The summed E-state index contributed by atoms with van der Waals surface area (Å²) in [6.07, 6.45) is 2.57. The van der Waals surface area contributed by atoms with Crippen LogP contribution in [-0.4, -0.2) is 41.7 Å². The molecule has 132 valence electrons. The minimum absolute atomic E-state index is 0.214. The first-order valence-corrected chi connectivity index (χ1v) is 7.88. The van der Waals surface area contributed by atoms with Crippen LogP contribution in [0.5, 0.6) is 23.0 Å². The molecular weight excluding hydrogens is 324 g/mol. The van der Waals surface area contributed by atoms with Crippen molar-refractivity contribution >= 4 is 6.08 Å². The van der Waals surface area contributed by atoms with Crippen molar-refractivity contribution in [3.63, 3.8) is 0 Å². The minimum atomic E-state index is -0.630. The fourth-order valence-corrected chi connectivity index (χ4v) is 2.67. The van der Waals surface area contributed by atoms with E-state index in [2.05, 4.69) is 0 Å². The second-order valence-electron chi connectivity index (χ2n) is 5.69. The number of aliphatic hydroxyl groups is 1. The van der Waals surface area contributed by atoms with Crippen LogP contribution in [0, 0.1) is 0 Å². The molecule has 2 aromatic carbocycles. The third kappa shape index (κ3) is 3.70. The van der Waals surface area contributed by atoms with Crippen LogP contribution in [0.15, 0.2) is 42.5 Å². The van der Waals surface area contributed by atoms with E-state index >= 15 is 0 Å². The quantitative estimate of drug-likeness (QED) is 0.723. The Balaban J connectivity index is 1.87. The van der Waals surface area contributed by atoms with Crippen molar-refractivity contribution in [3.05, 3.63) is 53.6 Å². The molecule has 0 aliphatic carbocycles. The van der Waals surface area contributed by atoms with Crippen LogP contribution in [0.2, 0.25) is 0 Å². The number of phenols is 2. The van der Waals surface area contributed by atoms with Crippen LogP contribution in [0.25, 0.3) is 6.08 Å². The first-order chi connectivity index (χ1) is 12.1. The third-order valence-electron chi connectivity index (χ3n) is 3.92. The van der Waals surface area contributed by atoms with Crippen molar-refractivity contribution in [2.75, 3.05) is 20.3 Å². The number of benzene rings is 2. The van der Waals surface area contributed by atoms with Gasteiger partial charge >= 0.3 is 0 Å². The number of fused-ring (bicyclic) bond motifs is 1. The molecule has 2 aromatic rings. The lowest BCUT2D eigenvalue weighted by Crippen LogP contribution is -2.36. The van der Waals surface area contributed by atoms with Gasteiger partial charge in [-0.1, -0.05) is 24.3 Å². The second-order valence-corrected chi connectivity index (χ2v) is 5.69. The molecule has 25 heavy (non-hydrogen) atoms. The minimum Gasteiger partial charge on any atom is -0.504 e. The zero-order chi connectivity index (χ0) is 17.8. The van der Waals surface area contributed by atoms with E-state index in [4.69, 9.17) is 14.2 Å². The zero-order valence-corrected chi connectivity index (χ0v) is 13.8. The van der Waals surface area contributed by atoms with Gasteiger partial charge in [0.05, 0.1) is 13.2 Å². The smallest absolute Gasteiger partial charge is 0.163 e. The highest BCUT2D eigenvalue weighted by molar-refractivity contribution is 5.56. The van der Waals surface area contributed by atoms with Crippen molar-refractivity contribution in [1.29, 1.82) is 0 Å². The van der Waals surface area contributed by atoms with Gasteiger partial charge in [0, 0.05) is 12.7 Å². The van der Waals surface area contributed by atoms with Crippen LogP contribution in [0.1, 0.15) is 17.2 Å². The summed E-state index contributed by atoms with van der Waals surface area (Å²) in [5.41, 5.74) is 1.53. The molecule has 1 aliphatic rings. The van der Waals surface area contributed by atoms with E-state index in [0.717, 1.165) is 5.56 Å². The molecule has 2 atom stereocenters. The van der Waals surface area contributed by atoms with E-state index in [1.165, 1.54) is 12.1 Å². The maximum absolute atomic E-state index is 9.70. The Bertz CT molecular complexity index is 771. The first-order valence-electron chi connectivity index (χ1n) is 7.88. The topological polar surface area (TPSA) is 88.4 Å². The average molecular weight is 344 g/mol. The van der Waals surface area contributed by atoms with E-state index in [-0.39, 0.29) is 18.1 Å². The van der Waals surface area contributed by atoms with Gasteiger partial charge in [0.15, 0.2) is 35.2 Å². The molecule has 3 N–H and O–H groups in total. The number of aromatic hydroxyl groups is 2. The molecule has 1 aliphatic heterocycles. The summed E-state index contributed by atoms with van der Waals surface area (Å²) < 4.78 is 16.8. The molecule has 0 saturated carbocycles. The number of aliphatic hydroxyl groups excluding tert-OH is 1. The lowest BCUT2D eigenvalue weighted by atomic mass is 10.0.